The molecule has 0 radical (unpaired) electrons. The molecular weight excluding hydrogens is 244 g/mol. The predicted molar refractivity (Wildman–Crippen MR) is 76.0 cm³/mol. The molecule has 2 aromatic carbocycles. The first-order valence-electron chi connectivity index (χ1n) is 6.11. The Hall–Kier alpha value is -1.31. The van der Waals surface area contributed by atoms with Gasteiger partial charge in [0.05, 0.1) is 0 Å². The summed E-state index contributed by atoms with van der Waals surface area (Å²) in [5.74, 6) is 0.502. The summed E-state index contributed by atoms with van der Waals surface area (Å²) >= 11 is 5.93. The van der Waals surface area contributed by atoms with Crippen LogP contribution >= 0.6 is 11.6 Å². The second kappa shape index (κ2) is 5.55. The second-order valence-electron chi connectivity index (χ2n) is 4.78. The molecule has 2 heteroatoms. The maximum absolute atomic E-state index is 10.3. The van der Waals surface area contributed by atoms with Crippen LogP contribution in [0.3, 0.4) is 0 Å². The number of hydrogen-bond acceptors (Lipinski definition) is 1. The molecule has 0 aromatic heterocycles. The summed E-state index contributed by atoms with van der Waals surface area (Å²) in [6, 6.07) is 15.4. The lowest BCUT2D eigenvalue weighted by molar-refractivity contribution is 0.220. The van der Waals surface area contributed by atoms with Crippen molar-refractivity contribution in [2.45, 2.75) is 25.9 Å². The van der Waals surface area contributed by atoms with E-state index in [1.807, 2.05) is 24.3 Å². The van der Waals surface area contributed by atoms with E-state index >= 15 is 0 Å². The predicted octanol–water partition coefficient (Wildman–Crippen LogP) is 4.55. The van der Waals surface area contributed by atoms with Gasteiger partial charge in [-0.15, -0.1) is 0 Å². The number of halogens is 1. The fraction of sp³-hybridized carbons (Fsp3) is 0.250. The summed E-state index contributed by atoms with van der Waals surface area (Å²) in [5, 5.41) is 10.9. The Balaban J connectivity index is 2.26. The average Bonchev–Trinajstić information content (AvgIpc) is 2.38. The Morgan fingerprint density at radius 2 is 1.50 bits per heavy atom. The molecule has 94 valence electrons. The lowest BCUT2D eigenvalue weighted by atomic mass is 9.97. The van der Waals surface area contributed by atoms with Gasteiger partial charge in [0.2, 0.25) is 0 Å². The van der Waals surface area contributed by atoms with Crippen LogP contribution < -0.4 is 0 Å². The third-order valence-corrected chi connectivity index (χ3v) is 3.32. The lowest BCUT2D eigenvalue weighted by Crippen LogP contribution is -2.00. The molecule has 18 heavy (non-hydrogen) atoms. The Morgan fingerprint density at radius 3 is 2.06 bits per heavy atom. The summed E-state index contributed by atoms with van der Waals surface area (Å²) in [7, 11) is 0. The molecule has 0 aliphatic carbocycles. The topological polar surface area (TPSA) is 20.2 Å². The molecule has 0 aliphatic rings. The zero-order valence-electron chi connectivity index (χ0n) is 10.6. The molecule has 2 aromatic rings. The van der Waals surface area contributed by atoms with Gasteiger partial charge in [-0.2, -0.15) is 0 Å². The van der Waals surface area contributed by atoms with Gasteiger partial charge in [-0.25, -0.2) is 0 Å². The van der Waals surface area contributed by atoms with Gasteiger partial charge < -0.3 is 5.11 Å². The highest BCUT2D eigenvalue weighted by Crippen LogP contribution is 2.25. The summed E-state index contributed by atoms with van der Waals surface area (Å²) in [6.07, 6.45) is -0.620. The molecule has 0 fully saturated rings. The Labute approximate surface area is 113 Å². The molecule has 0 saturated carbocycles. The van der Waals surface area contributed by atoms with Crippen LogP contribution in [0.5, 0.6) is 0 Å². The van der Waals surface area contributed by atoms with Gasteiger partial charge in [-0.3, -0.25) is 0 Å². The number of aliphatic hydroxyl groups is 1. The quantitative estimate of drug-likeness (QED) is 0.859. The van der Waals surface area contributed by atoms with Gasteiger partial charge in [0, 0.05) is 5.02 Å². The number of aliphatic hydroxyl groups excluding tert-OH is 1. The van der Waals surface area contributed by atoms with Crippen molar-refractivity contribution in [3.8, 4) is 0 Å². The fourth-order valence-corrected chi connectivity index (χ4v) is 2.13. The van der Waals surface area contributed by atoms with E-state index in [1.165, 1.54) is 5.56 Å². The van der Waals surface area contributed by atoms with Crippen LogP contribution in [0.4, 0.5) is 0 Å². The molecule has 1 unspecified atom stereocenters. The van der Waals surface area contributed by atoms with Crippen molar-refractivity contribution in [3.05, 3.63) is 70.2 Å². The van der Waals surface area contributed by atoms with Crippen molar-refractivity contribution in [1.29, 1.82) is 0 Å². The van der Waals surface area contributed by atoms with E-state index in [2.05, 4.69) is 26.0 Å². The molecule has 0 spiro atoms. The van der Waals surface area contributed by atoms with Crippen molar-refractivity contribution >= 4 is 11.6 Å². The molecule has 1 N–H and O–H groups in total. The molecule has 1 nitrogen and oxygen atoms in total. The second-order valence-corrected chi connectivity index (χ2v) is 5.22. The first kappa shape index (κ1) is 13.1. The van der Waals surface area contributed by atoms with Gasteiger partial charge in [0.25, 0.3) is 0 Å². The molecule has 2 rings (SSSR count). The van der Waals surface area contributed by atoms with Crippen LogP contribution in [-0.4, -0.2) is 5.11 Å². The van der Waals surface area contributed by atoms with E-state index in [-0.39, 0.29) is 0 Å². The van der Waals surface area contributed by atoms with E-state index in [1.54, 1.807) is 12.1 Å². The molecule has 0 bridgehead atoms. The summed E-state index contributed by atoms with van der Waals surface area (Å²) in [6.45, 7) is 4.31. The van der Waals surface area contributed by atoms with Crippen molar-refractivity contribution in [1.82, 2.24) is 0 Å². The Bertz CT molecular complexity index is 517. The normalized spacial score (nSPS) is 12.7. The average molecular weight is 261 g/mol. The van der Waals surface area contributed by atoms with Gasteiger partial charge in [-0.1, -0.05) is 61.8 Å². The van der Waals surface area contributed by atoms with E-state index in [4.69, 9.17) is 11.6 Å². The van der Waals surface area contributed by atoms with Crippen LogP contribution in [0.25, 0.3) is 0 Å². The van der Waals surface area contributed by atoms with Crippen LogP contribution in [0, 0.1) is 0 Å². The SMILES string of the molecule is CC(C)c1ccc(C(O)c2cccc(Cl)c2)cc1. The van der Waals surface area contributed by atoms with Gasteiger partial charge in [-0.05, 0) is 34.7 Å². The first-order chi connectivity index (χ1) is 8.58. The van der Waals surface area contributed by atoms with Crippen molar-refractivity contribution in [3.63, 3.8) is 0 Å². The Kier molecular flexibility index (Phi) is 4.05. The third-order valence-electron chi connectivity index (χ3n) is 3.08. The largest absolute Gasteiger partial charge is 0.384 e. The molecule has 0 amide bonds. The van der Waals surface area contributed by atoms with Crippen molar-refractivity contribution < 1.29 is 5.11 Å². The van der Waals surface area contributed by atoms with E-state index in [9.17, 15) is 5.11 Å². The van der Waals surface area contributed by atoms with E-state index in [0.717, 1.165) is 11.1 Å². The highest BCUT2D eigenvalue weighted by molar-refractivity contribution is 6.30. The summed E-state index contributed by atoms with van der Waals surface area (Å²) in [4.78, 5) is 0. The van der Waals surface area contributed by atoms with Crippen LogP contribution in [0.2, 0.25) is 5.02 Å². The maximum atomic E-state index is 10.3. The van der Waals surface area contributed by atoms with Gasteiger partial charge in [0.15, 0.2) is 0 Å². The first-order valence-corrected chi connectivity index (χ1v) is 6.49. The molecule has 0 heterocycles. The highest BCUT2D eigenvalue weighted by atomic mass is 35.5. The fourth-order valence-electron chi connectivity index (χ4n) is 1.93. The molecule has 0 saturated heterocycles. The smallest absolute Gasteiger partial charge is 0.104 e. The highest BCUT2D eigenvalue weighted by Gasteiger charge is 2.10. The van der Waals surface area contributed by atoms with Crippen LogP contribution in [0.1, 0.15) is 42.6 Å². The number of rotatable bonds is 3. The van der Waals surface area contributed by atoms with Gasteiger partial charge in [0.1, 0.15) is 6.10 Å². The third kappa shape index (κ3) is 2.92. The minimum absolute atomic E-state index is 0.502. The molecule has 1 atom stereocenters. The van der Waals surface area contributed by atoms with E-state index < -0.39 is 6.10 Å². The molecule has 0 aliphatic heterocycles. The number of benzene rings is 2. The summed E-state index contributed by atoms with van der Waals surface area (Å²) < 4.78 is 0. The summed E-state index contributed by atoms with van der Waals surface area (Å²) in [5.41, 5.74) is 2.98. The van der Waals surface area contributed by atoms with Crippen LogP contribution in [0.15, 0.2) is 48.5 Å². The van der Waals surface area contributed by atoms with Gasteiger partial charge >= 0.3 is 0 Å². The standard InChI is InChI=1S/C16H17ClO/c1-11(2)12-6-8-13(9-7-12)16(18)14-4-3-5-15(17)10-14/h3-11,16,18H,1-2H3. The minimum atomic E-state index is -0.620. The van der Waals surface area contributed by atoms with Crippen molar-refractivity contribution in [2.75, 3.05) is 0 Å². The van der Waals surface area contributed by atoms with Crippen molar-refractivity contribution in [2.24, 2.45) is 0 Å². The Morgan fingerprint density at radius 1 is 0.889 bits per heavy atom. The molecular formula is C16H17ClO. The lowest BCUT2D eigenvalue weighted by Gasteiger charge is -2.13. The zero-order chi connectivity index (χ0) is 13.1. The van der Waals surface area contributed by atoms with Crippen LogP contribution in [-0.2, 0) is 0 Å². The minimum Gasteiger partial charge on any atom is -0.384 e. The zero-order valence-corrected chi connectivity index (χ0v) is 11.4. The van der Waals surface area contributed by atoms with E-state index in [0.29, 0.717) is 10.9 Å². The monoisotopic (exact) mass is 260 g/mol. The number of hydrogen-bond donors (Lipinski definition) is 1. The maximum Gasteiger partial charge on any atom is 0.104 e.